The van der Waals surface area contributed by atoms with Gasteiger partial charge in [0.15, 0.2) is 5.76 Å². The van der Waals surface area contributed by atoms with Crippen molar-refractivity contribution >= 4 is 11.8 Å². The summed E-state index contributed by atoms with van der Waals surface area (Å²) < 4.78 is 5.48. The lowest BCUT2D eigenvalue weighted by atomic mass is 10.0. The van der Waals surface area contributed by atoms with Crippen LogP contribution in [0.2, 0.25) is 0 Å². The molecule has 1 unspecified atom stereocenters. The van der Waals surface area contributed by atoms with Crippen LogP contribution in [-0.4, -0.2) is 17.0 Å². The van der Waals surface area contributed by atoms with Gasteiger partial charge in [0.2, 0.25) is 0 Å². The number of hydroxylamine groups is 1. The van der Waals surface area contributed by atoms with E-state index in [0.29, 0.717) is 17.7 Å². The molecule has 3 N–H and O–H groups in total. The maximum absolute atomic E-state index is 12.7. The monoisotopic (exact) mass is 378 g/mol. The van der Waals surface area contributed by atoms with E-state index in [9.17, 15) is 9.59 Å². The second kappa shape index (κ2) is 9.01. The zero-order valence-corrected chi connectivity index (χ0v) is 15.5. The number of carbonyl (C=O) groups is 2. The Hall–Kier alpha value is -3.38. The van der Waals surface area contributed by atoms with E-state index >= 15 is 0 Å². The molecule has 2 amide bonds. The van der Waals surface area contributed by atoms with Crippen molar-refractivity contribution in [1.82, 2.24) is 10.8 Å². The minimum Gasteiger partial charge on any atom is -0.454 e. The molecule has 28 heavy (non-hydrogen) atoms. The van der Waals surface area contributed by atoms with Crippen LogP contribution in [0.1, 0.15) is 52.5 Å². The zero-order chi connectivity index (χ0) is 19.9. The fraction of sp³-hybridized carbons (Fsp3) is 0.182. The third kappa shape index (κ3) is 4.47. The molecule has 0 spiro atoms. The zero-order valence-electron chi connectivity index (χ0n) is 15.5. The molecule has 0 saturated heterocycles. The summed E-state index contributed by atoms with van der Waals surface area (Å²) in [7, 11) is 0. The van der Waals surface area contributed by atoms with Crippen molar-refractivity contribution in [3.63, 3.8) is 0 Å². The third-order valence-electron chi connectivity index (χ3n) is 4.43. The Morgan fingerprint density at radius 3 is 2.25 bits per heavy atom. The van der Waals surface area contributed by atoms with Crippen LogP contribution in [0.4, 0.5) is 0 Å². The van der Waals surface area contributed by atoms with E-state index in [1.165, 1.54) is 11.5 Å². The van der Waals surface area contributed by atoms with Crippen LogP contribution in [0.5, 0.6) is 0 Å². The molecule has 3 aromatic rings. The summed E-state index contributed by atoms with van der Waals surface area (Å²) in [5.74, 6) is -0.498. The summed E-state index contributed by atoms with van der Waals surface area (Å²) in [6.45, 7) is 2.00. The first-order valence-electron chi connectivity index (χ1n) is 9.13. The van der Waals surface area contributed by atoms with Gasteiger partial charge in [0, 0.05) is 5.56 Å². The predicted octanol–water partition coefficient (Wildman–Crippen LogP) is 4.34. The van der Waals surface area contributed by atoms with Gasteiger partial charge < -0.3 is 9.73 Å². The Bertz CT molecular complexity index is 933. The highest BCUT2D eigenvalue weighted by molar-refractivity contribution is 5.95. The standard InChI is InChI=1S/C22H22N2O4/c1-2-6-18(19-13-14-20(28-19)22(26)24-27)23-21(25)17-11-9-16(10-12-17)15-7-4-3-5-8-15/h3-5,7-14,18,27H,2,6H2,1H3,(H,23,25)(H,24,26). The quantitative estimate of drug-likeness (QED) is 0.421. The van der Waals surface area contributed by atoms with E-state index in [4.69, 9.17) is 9.62 Å². The highest BCUT2D eigenvalue weighted by Gasteiger charge is 2.20. The second-order valence-electron chi connectivity index (χ2n) is 6.40. The minimum absolute atomic E-state index is 0.0138. The lowest BCUT2D eigenvalue weighted by Gasteiger charge is -2.16. The summed E-state index contributed by atoms with van der Waals surface area (Å²) in [4.78, 5) is 24.1. The van der Waals surface area contributed by atoms with Crippen LogP contribution >= 0.6 is 0 Å². The predicted molar refractivity (Wildman–Crippen MR) is 105 cm³/mol. The summed E-state index contributed by atoms with van der Waals surface area (Å²) >= 11 is 0. The first-order chi connectivity index (χ1) is 13.6. The summed E-state index contributed by atoms with van der Waals surface area (Å²) in [5, 5.41) is 11.7. The summed E-state index contributed by atoms with van der Waals surface area (Å²) in [6, 6.07) is 20.1. The van der Waals surface area contributed by atoms with E-state index in [1.807, 2.05) is 49.4 Å². The highest BCUT2D eigenvalue weighted by Crippen LogP contribution is 2.23. The van der Waals surface area contributed by atoms with Gasteiger partial charge in [-0.3, -0.25) is 14.8 Å². The second-order valence-corrected chi connectivity index (χ2v) is 6.40. The van der Waals surface area contributed by atoms with Crippen LogP contribution in [0.15, 0.2) is 71.1 Å². The first kappa shape index (κ1) is 19.4. The fourth-order valence-corrected chi connectivity index (χ4v) is 2.98. The van der Waals surface area contributed by atoms with Crippen LogP contribution in [0, 0.1) is 0 Å². The fourth-order valence-electron chi connectivity index (χ4n) is 2.98. The Morgan fingerprint density at radius 1 is 0.929 bits per heavy atom. The summed E-state index contributed by atoms with van der Waals surface area (Å²) in [5.41, 5.74) is 4.19. The van der Waals surface area contributed by atoms with Gasteiger partial charge in [0.25, 0.3) is 5.91 Å². The van der Waals surface area contributed by atoms with Gasteiger partial charge in [0.05, 0.1) is 6.04 Å². The molecule has 2 aromatic carbocycles. The van der Waals surface area contributed by atoms with Gasteiger partial charge in [0.1, 0.15) is 5.76 Å². The van der Waals surface area contributed by atoms with Crippen LogP contribution in [0.25, 0.3) is 11.1 Å². The number of hydrogen-bond acceptors (Lipinski definition) is 4. The number of rotatable bonds is 7. The minimum atomic E-state index is -0.732. The first-order valence-corrected chi connectivity index (χ1v) is 9.13. The SMILES string of the molecule is CCCC(NC(=O)c1ccc(-c2ccccc2)cc1)c1ccc(C(=O)NO)o1. The van der Waals surface area contributed by atoms with Crippen molar-refractivity contribution in [3.8, 4) is 11.1 Å². The average Bonchev–Trinajstić information content (AvgIpc) is 3.24. The molecule has 1 heterocycles. The van der Waals surface area contributed by atoms with Crippen molar-refractivity contribution in [2.24, 2.45) is 0 Å². The topological polar surface area (TPSA) is 91.6 Å². The van der Waals surface area contributed by atoms with Gasteiger partial charge in [-0.25, -0.2) is 5.48 Å². The Kier molecular flexibility index (Phi) is 6.24. The highest BCUT2D eigenvalue weighted by atomic mass is 16.5. The Morgan fingerprint density at radius 2 is 1.61 bits per heavy atom. The van der Waals surface area contributed by atoms with Crippen molar-refractivity contribution in [3.05, 3.63) is 83.8 Å². The lowest BCUT2D eigenvalue weighted by Crippen LogP contribution is -2.28. The lowest BCUT2D eigenvalue weighted by molar-refractivity contribution is 0.0673. The number of nitrogens with one attached hydrogen (secondary N) is 2. The molecular weight excluding hydrogens is 356 g/mol. The van der Waals surface area contributed by atoms with Gasteiger partial charge in [-0.15, -0.1) is 0 Å². The number of carbonyl (C=O) groups excluding carboxylic acids is 2. The maximum atomic E-state index is 12.7. The number of amides is 2. The van der Waals surface area contributed by atoms with Crippen molar-refractivity contribution < 1.29 is 19.2 Å². The normalized spacial score (nSPS) is 11.6. The molecule has 0 aliphatic carbocycles. The molecule has 144 valence electrons. The van der Waals surface area contributed by atoms with Gasteiger partial charge in [-0.1, -0.05) is 55.8 Å². The number of furan rings is 1. The molecule has 0 radical (unpaired) electrons. The van der Waals surface area contributed by atoms with E-state index in [0.717, 1.165) is 17.5 Å². The molecule has 6 nitrogen and oxygen atoms in total. The largest absolute Gasteiger partial charge is 0.454 e. The van der Waals surface area contributed by atoms with E-state index in [-0.39, 0.29) is 17.7 Å². The number of hydrogen-bond donors (Lipinski definition) is 3. The molecule has 3 rings (SSSR count). The van der Waals surface area contributed by atoms with Crippen molar-refractivity contribution in [2.75, 3.05) is 0 Å². The van der Waals surface area contributed by atoms with Gasteiger partial charge in [-0.2, -0.15) is 0 Å². The maximum Gasteiger partial charge on any atom is 0.310 e. The summed E-state index contributed by atoms with van der Waals surface area (Å²) in [6.07, 6.45) is 1.47. The molecule has 0 fully saturated rings. The molecule has 1 aromatic heterocycles. The van der Waals surface area contributed by atoms with Crippen molar-refractivity contribution in [1.29, 1.82) is 0 Å². The molecule has 1 atom stereocenters. The van der Waals surface area contributed by atoms with E-state index in [2.05, 4.69) is 5.32 Å². The average molecular weight is 378 g/mol. The number of benzene rings is 2. The van der Waals surface area contributed by atoms with Crippen LogP contribution in [-0.2, 0) is 0 Å². The molecule has 0 bridgehead atoms. The smallest absolute Gasteiger partial charge is 0.310 e. The molecule has 0 aliphatic heterocycles. The van der Waals surface area contributed by atoms with Gasteiger partial charge in [-0.05, 0) is 41.8 Å². The third-order valence-corrected chi connectivity index (χ3v) is 4.43. The van der Waals surface area contributed by atoms with Crippen LogP contribution < -0.4 is 10.8 Å². The van der Waals surface area contributed by atoms with E-state index < -0.39 is 5.91 Å². The van der Waals surface area contributed by atoms with Gasteiger partial charge >= 0.3 is 5.91 Å². The molecule has 0 aliphatic rings. The Balaban J connectivity index is 1.73. The molecular formula is C22H22N2O4. The Labute approximate surface area is 163 Å². The van der Waals surface area contributed by atoms with Crippen molar-refractivity contribution in [2.45, 2.75) is 25.8 Å². The molecule has 0 saturated carbocycles. The van der Waals surface area contributed by atoms with Crippen LogP contribution in [0.3, 0.4) is 0 Å². The molecule has 6 heteroatoms. The van der Waals surface area contributed by atoms with E-state index in [1.54, 1.807) is 18.2 Å².